The molecule has 1 N–H and O–H groups in total. The second-order valence-electron chi connectivity index (χ2n) is 4.41. The SMILES string of the molecule is COc1cccc(NOc2ccnc3ccc(Br)cc23)c1. The van der Waals surface area contributed by atoms with Gasteiger partial charge in [0.25, 0.3) is 0 Å². The van der Waals surface area contributed by atoms with E-state index in [1.165, 1.54) is 0 Å². The van der Waals surface area contributed by atoms with Crippen LogP contribution in [0, 0.1) is 0 Å². The van der Waals surface area contributed by atoms with Crippen molar-refractivity contribution in [3.05, 3.63) is 59.2 Å². The summed E-state index contributed by atoms with van der Waals surface area (Å²) in [5.41, 5.74) is 4.62. The maximum absolute atomic E-state index is 5.69. The fraction of sp³-hybridized carbons (Fsp3) is 0.0625. The van der Waals surface area contributed by atoms with Crippen molar-refractivity contribution in [2.45, 2.75) is 0 Å². The Labute approximate surface area is 130 Å². The van der Waals surface area contributed by atoms with Gasteiger partial charge < -0.3 is 9.57 Å². The normalized spacial score (nSPS) is 10.4. The second kappa shape index (κ2) is 6.01. The van der Waals surface area contributed by atoms with Crippen LogP contribution in [-0.2, 0) is 0 Å². The molecule has 0 aliphatic rings. The Kier molecular flexibility index (Phi) is 3.92. The third-order valence-electron chi connectivity index (χ3n) is 3.01. The summed E-state index contributed by atoms with van der Waals surface area (Å²) in [5.74, 6) is 1.48. The average Bonchev–Trinajstić information content (AvgIpc) is 2.53. The number of benzene rings is 2. The van der Waals surface area contributed by atoms with E-state index in [4.69, 9.17) is 9.57 Å². The van der Waals surface area contributed by atoms with Gasteiger partial charge in [-0.05, 0) is 30.3 Å². The van der Waals surface area contributed by atoms with Crippen LogP contribution in [0.3, 0.4) is 0 Å². The predicted octanol–water partition coefficient (Wildman–Crippen LogP) is 4.41. The number of methoxy groups -OCH3 is 1. The van der Waals surface area contributed by atoms with E-state index in [9.17, 15) is 0 Å². The topological polar surface area (TPSA) is 43.4 Å². The Morgan fingerprint density at radius 3 is 2.86 bits per heavy atom. The fourth-order valence-electron chi connectivity index (χ4n) is 1.98. The number of hydrogen-bond donors (Lipinski definition) is 1. The van der Waals surface area contributed by atoms with Crippen LogP contribution in [0.2, 0.25) is 0 Å². The monoisotopic (exact) mass is 344 g/mol. The molecule has 4 nitrogen and oxygen atoms in total. The van der Waals surface area contributed by atoms with Crippen LogP contribution >= 0.6 is 15.9 Å². The van der Waals surface area contributed by atoms with Crippen molar-refractivity contribution in [2.75, 3.05) is 12.6 Å². The number of nitrogens with one attached hydrogen (secondary N) is 1. The molecule has 0 saturated carbocycles. The molecule has 0 aliphatic heterocycles. The number of aromatic nitrogens is 1. The van der Waals surface area contributed by atoms with Gasteiger partial charge >= 0.3 is 0 Å². The summed E-state index contributed by atoms with van der Waals surface area (Å²) in [6, 6.07) is 15.2. The standard InChI is InChI=1S/C16H13BrN2O2/c1-20-13-4-2-3-12(10-13)19-21-16-7-8-18-15-6-5-11(17)9-14(15)16/h2-10,19H,1H3. The summed E-state index contributed by atoms with van der Waals surface area (Å²) in [6.07, 6.45) is 1.72. The van der Waals surface area contributed by atoms with Gasteiger partial charge in [0.05, 0.1) is 18.3 Å². The lowest BCUT2D eigenvalue weighted by molar-refractivity contribution is 0.403. The average molecular weight is 345 g/mol. The summed E-state index contributed by atoms with van der Waals surface area (Å²) in [5, 5.41) is 0.933. The molecule has 21 heavy (non-hydrogen) atoms. The van der Waals surface area contributed by atoms with Crippen molar-refractivity contribution in [1.82, 2.24) is 4.98 Å². The fourth-order valence-corrected chi connectivity index (χ4v) is 2.34. The zero-order valence-corrected chi connectivity index (χ0v) is 12.9. The van der Waals surface area contributed by atoms with E-state index in [1.54, 1.807) is 13.3 Å². The van der Waals surface area contributed by atoms with Gasteiger partial charge in [-0.2, -0.15) is 0 Å². The van der Waals surface area contributed by atoms with Gasteiger partial charge in [0.15, 0.2) is 5.75 Å². The third kappa shape index (κ3) is 3.08. The Morgan fingerprint density at radius 2 is 2.00 bits per heavy atom. The van der Waals surface area contributed by atoms with Crippen molar-refractivity contribution < 1.29 is 9.57 Å². The maximum Gasteiger partial charge on any atom is 0.165 e. The first-order valence-corrected chi connectivity index (χ1v) is 7.17. The summed E-state index contributed by atoms with van der Waals surface area (Å²) in [6.45, 7) is 0. The molecule has 3 rings (SSSR count). The molecule has 0 bridgehead atoms. The molecule has 0 spiro atoms. The number of rotatable bonds is 4. The third-order valence-corrected chi connectivity index (χ3v) is 3.51. The Morgan fingerprint density at radius 1 is 1.10 bits per heavy atom. The predicted molar refractivity (Wildman–Crippen MR) is 86.7 cm³/mol. The molecular formula is C16H13BrN2O2. The first-order chi connectivity index (χ1) is 10.3. The molecule has 106 valence electrons. The van der Waals surface area contributed by atoms with Gasteiger partial charge in [-0.15, -0.1) is 0 Å². The van der Waals surface area contributed by atoms with Crippen LogP contribution in [0.4, 0.5) is 5.69 Å². The van der Waals surface area contributed by atoms with Crippen molar-refractivity contribution in [3.63, 3.8) is 0 Å². The van der Waals surface area contributed by atoms with E-state index in [1.807, 2.05) is 48.5 Å². The number of ether oxygens (including phenoxy) is 1. The molecule has 0 aliphatic carbocycles. The van der Waals surface area contributed by atoms with E-state index in [0.29, 0.717) is 5.75 Å². The van der Waals surface area contributed by atoms with Crippen LogP contribution < -0.4 is 15.1 Å². The van der Waals surface area contributed by atoms with Gasteiger partial charge in [0, 0.05) is 28.2 Å². The van der Waals surface area contributed by atoms with Crippen molar-refractivity contribution in [3.8, 4) is 11.5 Å². The molecule has 0 saturated heterocycles. The lowest BCUT2D eigenvalue weighted by Gasteiger charge is -2.11. The quantitative estimate of drug-likeness (QED) is 0.712. The number of fused-ring (bicyclic) bond motifs is 1. The van der Waals surface area contributed by atoms with Gasteiger partial charge in [-0.1, -0.05) is 22.0 Å². The minimum Gasteiger partial charge on any atom is -0.497 e. The minimum absolute atomic E-state index is 0.712. The van der Waals surface area contributed by atoms with E-state index in [2.05, 4.69) is 26.4 Å². The van der Waals surface area contributed by atoms with E-state index in [-0.39, 0.29) is 0 Å². The van der Waals surface area contributed by atoms with E-state index < -0.39 is 0 Å². The van der Waals surface area contributed by atoms with Gasteiger partial charge in [0.1, 0.15) is 5.75 Å². The second-order valence-corrected chi connectivity index (χ2v) is 5.32. The molecule has 2 aromatic carbocycles. The van der Waals surface area contributed by atoms with Crippen LogP contribution in [0.1, 0.15) is 0 Å². The van der Waals surface area contributed by atoms with E-state index >= 15 is 0 Å². The maximum atomic E-state index is 5.69. The van der Waals surface area contributed by atoms with Crippen LogP contribution in [0.15, 0.2) is 59.2 Å². The zero-order chi connectivity index (χ0) is 14.7. The largest absolute Gasteiger partial charge is 0.497 e. The molecule has 1 aromatic heterocycles. The number of nitrogens with zero attached hydrogens (tertiary/aromatic N) is 1. The summed E-state index contributed by atoms with van der Waals surface area (Å²) >= 11 is 3.46. The molecule has 5 heteroatoms. The lowest BCUT2D eigenvalue weighted by atomic mass is 10.2. The highest BCUT2D eigenvalue weighted by Crippen LogP contribution is 2.27. The molecule has 3 aromatic rings. The smallest absolute Gasteiger partial charge is 0.165 e. The minimum atomic E-state index is 0.712. The number of halogens is 1. The molecule has 0 unspecified atom stereocenters. The summed E-state index contributed by atoms with van der Waals surface area (Å²) in [4.78, 5) is 10.0. The molecular weight excluding hydrogens is 332 g/mol. The Hall–Kier alpha value is -2.27. The van der Waals surface area contributed by atoms with Crippen molar-refractivity contribution in [2.24, 2.45) is 0 Å². The van der Waals surface area contributed by atoms with Crippen LogP contribution in [0.25, 0.3) is 10.9 Å². The number of anilines is 1. The molecule has 0 atom stereocenters. The molecule has 1 heterocycles. The van der Waals surface area contributed by atoms with Crippen LogP contribution in [-0.4, -0.2) is 12.1 Å². The number of pyridine rings is 1. The lowest BCUT2D eigenvalue weighted by Crippen LogP contribution is -2.05. The summed E-state index contributed by atoms with van der Waals surface area (Å²) in [7, 11) is 1.63. The summed E-state index contributed by atoms with van der Waals surface area (Å²) < 4.78 is 6.16. The van der Waals surface area contributed by atoms with Gasteiger partial charge in [-0.3, -0.25) is 4.98 Å². The molecule has 0 fully saturated rings. The first kappa shape index (κ1) is 13.7. The Bertz CT molecular complexity index is 777. The highest BCUT2D eigenvalue weighted by atomic mass is 79.9. The van der Waals surface area contributed by atoms with Crippen LogP contribution in [0.5, 0.6) is 11.5 Å². The van der Waals surface area contributed by atoms with Gasteiger partial charge in [0.2, 0.25) is 0 Å². The zero-order valence-electron chi connectivity index (χ0n) is 11.3. The highest BCUT2D eigenvalue weighted by Gasteiger charge is 2.05. The first-order valence-electron chi connectivity index (χ1n) is 6.37. The van der Waals surface area contributed by atoms with Crippen molar-refractivity contribution >= 4 is 32.5 Å². The number of hydrogen-bond acceptors (Lipinski definition) is 4. The molecule has 0 radical (unpaired) electrons. The van der Waals surface area contributed by atoms with Crippen molar-refractivity contribution in [1.29, 1.82) is 0 Å². The molecule has 0 amide bonds. The highest BCUT2D eigenvalue weighted by molar-refractivity contribution is 9.10. The Balaban J connectivity index is 1.86. The van der Waals surface area contributed by atoms with E-state index in [0.717, 1.165) is 26.8 Å². The van der Waals surface area contributed by atoms with Gasteiger partial charge in [-0.25, -0.2) is 5.48 Å².